The van der Waals surface area contributed by atoms with E-state index in [1.165, 1.54) is 0 Å². The number of carboxylic acids is 1. The number of benzene rings is 1. The predicted molar refractivity (Wildman–Crippen MR) is 90.6 cm³/mol. The van der Waals surface area contributed by atoms with E-state index in [4.69, 9.17) is 5.11 Å². The molecule has 1 atom stereocenters. The van der Waals surface area contributed by atoms with Gasteiger partial charge in [-0.15, -0.1) is 0 Å². The maximum atomic E-state index is 12.4. The standard InChI is InChI=1S/C18H26N2O3/c1-13-5-3-6-14(2)18(13)19-11-16(21)20-10-4-7-15(12-20)8-9-17(22)23/h3,5-6,15,19H,4,7-12H2,1-2H3,(H,22,23). The molecule has 0 spiro atoms. The van der Waals surface area contributed by atoms with Gasteiger partial charge in [-0.05, 0) is 50.2 Å². The topological polar surface area (TPSA) is 69.6 Å². The molecule has 1 aromatic rings. The summed E-state index contributed by atoms with van der Waals surface area (Å²) < 4.78 is 0. The second-order valence-electron chi connectivity index (χ2n) is 6.40. The van der Waals surface area contributed by atoms with Crippen molar-refractivity contribution in [2.75, 3.05) is 25.0 Å². The molecule has 1 heterocycles. The van der Waals surface area contributed by atoms with Gasteiger partial charge in [0.1, 0.15) is 0 Å². The van der Waals surface area contributed by atoms with Crippen LogP contribution in [0, 0.1) is 19.8 Å². The molecule has 2 rings (SSSR count). The molecule has 0 bridgehead atoms. The molecule has 0 radical (unpaired) electrons. The Bertz CT molecular complexity index is 551. The largest absolute Gasteiger partial charge is 0.481 e. The zero-order valence-electron chi connectivity index (χ0n) is 14.0. The third kappa shape index (κ3) is 4.98. The summed E-state index contributed by atoms with van der Waals surface area (Å²) in [5.41, 5.74) is 3.30. The van der Waals surface area contributed by atoms with Crippen molar-refractivity contribution in [2.24, 2.45) is 5.92 Å². The Kier molecular flexibility index (Phi) is 6.02. The second kappa shape index (κ2) is 7.99. The Morgan fingerprint density at radius 3 is 2.65 bits per heavy atom. The van der Waals surface area contributed by atoms with E-state index in [1.807, 2.05) is 36.9 Å². The van der Waals surface area contributed by atoms with Crippen LogP contribution in [0.25, 0.3) is 0 Å². The lowest BCUT2D eigenvalue weighted by molar-refractivity contribution is -0.137. The number of hydrogen-bond donors (Lipinski definition) is 2. The number of hydrogen-bond acceptors (Lipinski definition) is 3. The van der Waals surface area contributed by atoms with Gasteiger partial charge in [-0.3, -0.25) is 9.59 Å². The van der Waals surface area contributed by atoms with Crippen LogP contribution in [0.3, 0.4) is 0 Å². The Morgan fingerprint density at radius 2 is 2.00 bits per heavy atom. The quantitative estimate of drug-likeness (QED) is 0.846. The molecule has 1 aromatic carbocycles. The fraction of sp³-hybridized carbons (Fsp3) is 0.556. The summed E-state index contributed by atoms with van der Waals surface area (Å²) in [4.78, 5) is 25.0. The zero-order valence-corrected chi connectivity index (χ0v) is 14.0. The normalized spacial score (nSPS) is 17.8. The van der Waals surface area contributed by atoms with Crippen molar-refractivity contribution in [3.63, 3.8) is 0 Å². The number of nitrogens with zero attached hydrogens (tertiary/aromatic N) is 1. The van der Waals surface area contributed by atoms with Crippen LogP contribution in [0.5, 0.6) is 0 Å². The van der Waals surface area contributed by atoms with E-state index >= 15 is 0 Å². The molecular formula is C18H26N2O3. The lowest BCUT2D eigenvalue weighted by atomic mass is 9.93. The zero-order chi connectivity index (χ0) is 16.8. The summed E-state index contributed by atoms with van der Waals surface area (Å²) in [5, 5.41) is 12.0. The highest BCUT2D eigenvalue weighted by Crippen LogP contribution is 2.22. The number of aliphatic carboxylic acids is 1. The SMILES string of the molecule is Cc1cccc(C)c1NCC(=O)N1CCCC(CCC(=O)O)C1. The molecule has 1 aliphatic heterocycles. The molecule has 1 saturated heterocycles. The third-order valence-electron chi connectivity index (χ3n) is 4.54. The van der Waals surface area contributed by atoms with Crippen molar-refractivity contribution < 1.29 is 14.7 Å². The van der Waals surface area contributed by atoms with Gasteiger partial charge in [-0.2, -0.15) is 0 Å². The summed E-state index contributed by atoms with van der Waals surface area (Å²) in [6, 6.07) is 6.07. The highest BCUT2D eigenvalue weighted by molar-refractivity contribution is 5.81. The van der Waals surface area contributed by atoms with E-state index in [2.05, 4.69) is 5.32 Å². The monoisotopic (exact) mass is 318 g/mol. The maximum Gasteiger partial charge on any atom is 0.303 e. The van der Waals surface area contributed by atoms with Crippen molar-refractivity contribution >= 4 is 17.6 Å². The van der Waals surface area contributed by atoms with Crippen LogP contribution >= 0.6 is 0 Å². The fourth-order valence-electron chi connectivity index (χ4n) is 3.22. The Morgan fingerprint density at radius 1 is 1.30 bits per heavy atom. The van der Waals surface area contributed by atoms with Crippen LogP contribution in [0.4, 0.5) is 5.69 Å². The Balaban J connectivity index is 1.86. The second-order valence-corrected chi connectivity index (χ2v) is 6.40. The number of para-hydroxylation sites is 1. The number of anilines is 1. The van der Waals surface area contributed by atoms with Gasteiger partial charge in [0.2, 0.25) is 5.91 Å². The van der Waals surface area contributed by atoms with E-state index in [0.29, 0.717) is 18.9 Å². The summed E-state index contributed by atoms with van der Waals surface area (Å²) in [7, 11) is 0. The van der Waals surface area contributed by atoms with E-state index in [-0.39, 0.29) is 18.9 Å². The number of amides is 1. The van der Waals surface area contributed by atoms with E-state index in [0.717, 1.165) is 36.2 Å². The molecule has 1 amide bonds. The first-order chi connectivity index (χ1) is 11.0. The van der Waals surface area contributed by atoms with Crippen LogP contribution in [-0.2, 0) is 9.59 Å². The van der Waals surface area contributed by atoms with E-state index in [9.17, 15) is 9.59 Å². The summed E-state index contributed by atoms with van der Waals surface area (Å²) in [5.74, 6) is -0.359. The Labute approximate surface area is 137 Å². The van der Waals surface area contributed by atoms with Gasteiger partial charge in [-0.25, -0.2) is 0 Å². The molecule has 0 aromatic heterocycles. The van der Waals surface area contributed by atoms with Crippen molar-refractivity contribution in [2.45, 2.75) is 39.5 Å². The Hall–Kier alpha value is -2.04. The third-order valence-corrected chi connectivity index (χ3v) is 4.54. The maximum absolute atomic E-state index is 12.4. The van der Waals surface area contributed by atoms with Gasteiger partial charge >= 0.3 is 5.97 Å². The molecule has 126 valence electrons. The van der Waals surface area contributed by atoms with Crippen molar-refractivity contribution in [1.82, 2.24) is 4.90 Å². The number of carboxylic acid groups (broad SMARTS) is 1. The predicted octanol–water partition coefficient (Wildman–Crippen LogP) is 2.82. The van der Waals surface area contributed by atoms with Gasteiger partial charge < -0.3 is 15.3 Å². The molecular weight excluding hydrogens is 292 g/mol. The molecule has 2 N–H and O–H groups in total. The minimum absolute atomic E-state index is 0.0904. The number of carbonyl (C=O) groups excluding carboxylic acids is 1. The van der Waals surface area contributed by atoms with Gasteiger partial charge in [0.05, 0.1) is 6.54 Å². The van der Waals surface area contributed by atoms with Crippen LogP contribution in [0.2, 0.25) is 0 Å². The van der Waals surface area contributed by atoms with Crippen LogP contribution in [0.15, 0.2) is 18.2 Å². The van der Waals surface area contributed by atoms with E-state index < -0.39 is 5.97 Å². The number of nitrogens with one attached hydrogen (secondary N) is 1. The first-order valence-corrected chi connectivity index (χ1v) is 8.27. The summed E-state index contributed by atoms with van der Waals surface area (Å²) >= 11 is 0. The van der Waals surface area contributed by atoms with Crippen molar-refractivity contribution in [3.8, 4) is 0 Å². The number of carbonyl (C=O) groups is 2. The lowest BCUT2D eigenvalue weighted by Crippen LogP contribution is -2.42. The summed E-state index contributed by atoms with van der Waals surface area (Å²) in [6.07, 6.45) is 2.82. The number of rotatable bonds is 6. The minimum atomic E-state index is -0.759. The molecule has 23 heavy (non-hydrogen) atoms. The first kappa shape index (κ1) is 17.3. The number of aryl methyl sites for hydroxylation is 2. The smallest absolute Gasteiger partial charge is 0.303 e. The van der Waals surface area contributed by atoms with Gasteiger partial charge in [0.25, 0.3) is 0 Å². The molecule has 0 saturated carbocycles. The molecule has 1 aliphatic rings. The van der Waals surface area contributed by atoms with Crippen LogP contribution < -0.4 is 5.32 Å². The number of likely N-dealkylation sites (tertiary alicyclic amines) is 1. The molecule has 0 aliphatic carbocycles. The first-order valence-electron chi connectivity index (χ1n) is 8.27. The minimum Gasteiger partial charge on any atom is -0.481 e. The van der Waals surface area contributed by atoms with Crippen molar-refractivity contribution in [1.29, 1.82) is 0 Å². The highest BCUT2D eigenvalue weighted by Gasteiger charge is 2.23. The molecule has 5 heteroatoms. The number of piperidine rings is 1. The van der Waals surface area contributed by atoms with Gasteiger partial charge in [0, 0.05) is 25.2 Å². The van der Waals surface area contributed by atoms with Gasteiger partial charge in [0.15, 0.2) is 0 Å². The van der Waals surface area contributed by atoms with Crippen LogP contribution in [-0.4, -0.2) is 41.5 Å². The molecule has 1 unspecified atom stereocenters. The average Bonchev–Trinajstić information content (AvgIpc) is 2.52. The highest BCUT2D eigenvalue weighted by atomic mass is 16.4. The van der Waals surface area contributed by atoms with E-state index in [1.54, 1.807) is 0 Å². The van der Waals surface area contributed by atoms with Crippen molar-refractivity contribution in [3.05, 3.63) is 29.3 Å². The van der Waals surface area contributed by atoms with Crippen LogP contribution in [0.1, 0.15) is 36.8 Å². The summed E-state index contributed by atoms with van der Waals surface area (Å²) in [6.45, 7) is 5.81. The molecule has 5 nitrogen and oxygen atoms in total. The van der Waals surface area contributed by atoms with Gasteiger partial charge in [-0.1, -0.05) is 18.2 Å². The lowest BCUT2D eigenvalue weighted by Gasteiger charge is -2.33. The average molecular weight is 318 g/mol. The fourth-order valence-corrected chi connectivity index (χ4v) is 3.22. The molecule has 1 fully saturated rings.